The first kappa shape index (κ1) is 10.1. The Morgan fingerprint density at radius 1 is 1.62 bits per heavy atom. The molecule has 0 aromatic carbocycles. The number of tetrazole rings is 1. The van der Waals surface area contributed by atoms with E-state index in [1.807, 2.05) is 0 Å². The van der Waals surface area contributed by atoms with Crippen LogP contribution in [0.3, 0.4) is 0 Å². The fraction of sp³-hybridized carbons (Fsp3) is 0.111. The predicted molar refractivity (Wildman–Crippen MR) is 55.2 cm³/mol. The van der Waals surface area contributed by atoms with E-state index in [0.29, 0.717) is 5.76 Å². The van der Waals surface area contributed by atoms with Crippen LogP contribution in [0.1, 0.15) is 5.76 Å². The molecule has 0 bridgehead atoms. The Kier molecular flexibility index (Phi) is 2.77. The van der Waals surface area contributed by atoms with Crippen molar-refractivity contribution in [1.82, 2.24) is 20.2 Å². The number of hydrogen-bond donors (Lipinski definition) is 1. The third kappa shape index (κ3) is 2.53. The van der Waals surface area contributed by atoms with Crippen molar-refractivity contribution in [2.75, 3.05) is 5.32 Å². The third-order valence-corrected chi connectivity index (χ3v) is 1.69. The van der Waals surface area contributed by atoms with Crippen molar-refractivity contribution in [3.63, 3.8) is 0 Å². The van der Waals surface area contributed by atoms with E-state index in [4.69, 9.17) is 4.42 Å². The van der Waals surface area contributed by atoms with Gasteiger partial charge in [-0.15, -0.1) is 5.10 Å². The monoisotopic (exact) mass is 219 g/mol. The second-order valence-corrected chi connectivity index (χ2v) is 2.94. The highest BCUT2D eigenvalue weighted by molar-refractivity contribution is 6.00. The van der Waals surface area contributed by atoms with Gasteiger partial charge in [0.2, 0.25) is 0 Å². The largest absolute Gasteiger partial charge is 0.465 e. The average molecular weight is 219 g/mol. The van der Waals surface area contributed by atoms with Gasteiger partial charge in [-0.2, -0.15) is 4.80 Å². The van der Waals surface area contributed by atoms with Gasteiger partial charge in [0.25, 0.3) is 11.9 Å². The van der Waals surface area contributed by atoms with Crippen molar-refractivity contribution in [3.05, 3.63) is 30.2 Å². The fourth-order valence-electron chi connectivity index (χ4n) is 1.03. The van der Waals surface area contributed by atoms with Crippen molar-refractivity contribution >= 4 is 17.9 Å². The summed E-state index contributed by atoms with van der Waals surface area (Å²) >= 11 is 0. The van der Waals surface area contributed by atoms with Crippen LogP contribution < -0.4 is 5.32 Å². The number of aryl methyl sites for hydroxylation is 1. The number of hydrogen-bond acceptors (Lipinski definition) is 5. The smallest absolute Gasteiger partial charge is 0.270 e. The van der Waals surface area contributed by atoms with Crippen LogP contribution in [0, 0.1) is 0 Å². The summed E-state index contributed by atoms with van der Waals surface area (Å²) < 4.78 is 5.02. The number of carbonyl (C=O) groups is 1. The van der Waals surface area contributed by atoms with Crippen LogP contribution in [0.15, 0.2) is 28.9 Å². The van der Waals surface area contributed by atoms with Crippen LogP contribution in [0.25, 0.3) is 6.08 Å². The van der Waals surface area contributed by atoms with Crippen LogP contribution in [-0.4, -0.2) is 26.1 Å². The van der Waals surface area contributed by atoms with Crippen molar-refractivity contribution in [1.29, 1.82) is 0 Å². The van der Waals surface area contributed by atoms with E-state index in [1.165, 1.54) is 17.1 Å². The Hall–Kier alpha value is -2.44. The molecule has 0 saturated carbocycles. The zero-order valence-electron chi connectivity index (χ0n) is 8.49. The normalized spacial score (nSPS) is 10.8. The number of furan rings is 1. The maximum absolute atomic E-state index is 11.4. The quantitative estimate of drug-likeness (QED) is 0.757. The molecule has 1 N–H and O–H groups in total. The molecule has 7 heteroatoms. The van der Waals surface area contributed by atoms with Crippen LogP contribution in [0.4, 0.5) is 5.95 Å². The molecule has 2 aromatic heterocycles. The Morgan fingerprint density at radius 2 is 2.50 bits per heavy atom. The maximum atomic E-state index is 11.4. The number of amides is 1. The van der Waals surface area contributed by atoms with Gasteiger partial charge in [-0.1, -0.05) is 5.10 Å². The molecule has 0 aliphatic rings. The molecular weight excluding hydrogens is 210 g/mol. The van der Waals surface area contributed by atoms with E-state index < -0.39 is 0 Å². The first-order valence-corrected chi connectivity index (χ1v) is 4.50. The number of anilines is 1. The highest BCUT2D eigenvalue weighted by atomic mass is 16.3. The molecule has 0 atom stereocenters. The van der Waals surface area contributed by atoms with Gasteiger partial charge in [-0.05, 0) is 23.4 Å². The lowest BCUT2D eigenvalue weighted by Crippen LogP contribution is -2.09. The Balaban J connectivity index is 1.94. The average Bonchev–Trinajstić information content (AvgIpc) is 2.87. The van der Waals surface area contributed by atoms with Crippen LogP contribution in [0.5, 0.6) is 0 Å². The minimum absolute atomic E-state index is 0.164. The Bertz CT molecular complexity index is 500. The zero-order valence-corrected chi connectivity index (χ0v) is 8.49. The number of nitrogens with one attached hydrogen (secondary N) is 1. The Labute approximate surface area is 90.7 Å². The minimum Gasteiger partial charge on any atom is -0.465 e. The summed E-state index contributed by atoms with van der Waals surface area (Å²) in [6, 6.07) is 3.48. The molecule has 0 radical (unpaired) electrons. The molecule has 2 aromatic rings. The van der Waals surface area contributed by atoms with Gasteiger partial charge in [0.15, 0.2) is 0 Å². The van der Waals surface area contributed by atoms with Gasteiger partial charge < -0.3 is 4.42 Å². The number of nitrogens with zero attached hydrogens (tertiary/aromatic N) is 4. The van der Waals surface area contributed by atoms with Crippen LogP contribution in [0.2, 0.25) is 0 Å². The van der Waals surface area contributed by atoms with Crippen molar-refractivity contribution in [2.24, 2.45) is 7.05 Å². The summed E-state index contributed by atoms with van der Waals surface area (Å²) in [5, 5.41) is 13.4. The number of rotatable bonds is 3. The van der Waals surface area contributed by atoms with Crippen molar-refractivity contribution < 1.29 is 9.21 Å². The molecule has 16 heavy (non-hydrogen) atoms. The van der Waals surface area contributed by atoms with Crippen LogP contribution >= 0.6 is 0 Å². The summed E-state index contributed by atoms with van der Waals surface area (Å²) in [4.78, 5) is 12.6. The van der Waals surface area contributed by atoms with Crippen LogP contribution in [-0.2, 0) is 11.8 Å². The summed E-state index contributed by atoms with van der Waals surface area (Å²) in [5.74, 6) is 0.420. The second kappa shape index (κ2) is 4.39. The van der Waals surface area contributed by atoms with Gasteiger partial charge >= 0.3 is 0 Å². The van der Waals surface area contributed by atoms with Crippen molar-refractivity contribution in [2.45, 2.75) is 0 Å². The summed E-state index contributed by atoms with van der Waals surface area (Å²) in [7, 11) is 1.61. The summed E-state index contributed by atoms with van der Waals surface area (Å²) in [6.45, 7) is 0. The lowest BCUT2D eigenvalue weighted by Gasteiger charge is -1.92. The molecule has 7 nitrogen and oxygen atoms in total. The molecular formula is C9H9N5O2. The molecule has 0 saturated heterocycles. The highest BCUT2D eigenvalue weighted by Crippen LogP contribution is 2.02. The van der Waals surface area contributed by atoms with Gasteiger partial charge in [0, 0.05) is 6.08 Å². The first-order valence-electron chi connectivity index (χ1n) is 4.50. The molecule has 0 spiro atoms. The van der Waals surface area contributed by atoms with E-state index in [9.17, 15) is 4.79 Å². The second-order valence-electron chi connectivity index (χ2n) is 2.94. The summed E-state index contributed by atoms with van der Waals surface area (Å²) in [6.07, 6.45) is 4.41. The molecule has 2 rings (SSSR count). The van der Waals surface area contributed by atoms with Gasteiger partial charge in [0.05, 0.1) is 13.3 Å². The molecule has 1 amide bonds. The predicted octanol–water partition coefficient (Wildman–Crippen LogP) is 0.455. The SMILES string of the molecule is Cn1nnc(NC(=O)C=Cc2ccco2)n1. The molecule has 82 valence electrons. The third-order valence-electron chi connectivity index (χ3n) is 1.69. The molecule has 0 aliphatic carbocycles. The van der Waals surface area contributed by atoms with E-state index in [-0.39, 0.29) is 11.9 Å². The van der Waals surface area contributed by atoms with Crippen molar-refractivity contribution in [3.8, 4) is 0 Å². The standard InChI is InChI=1S/C9H9N5O2/c1-14-12-9(11-13-14)10-8(15)5-4-7-3-2-6-16-7/h2-6H,1H3,(H,10,12,15). The molecule has 0 unspecified atom stereocenters. The number of aromatic nitrogens is 4. The summed E-state index contributed by atoms with van der Waals surface area (Å²) in [5.41, 5.74) is 0. The van der Waals surface area contributed by atoms with E-state index in [2.05, 4.69) is 20.7 Å². The molecule has 0 aliphatic heterocycles. The van der Waals surface area contributed by atoms with Gasteiger partial charge in [0.1, 0.15) is 5.76 Å². The van der Waals surface area contributed by atoms with Gasteiger partial charge in [-0.3, -0.25) is 10.1 Å². The first-order chi connectivity index (χ1) is 7.74. The zero-order chi connectivity index (χ0) is 11.4. The highest BCUT2D eigenvalue weighted by Gasteiger charge is 2.02. The van der Waals surface area contributed by atoms with E-state index in [0.717, 1.165) is 0 Å². The van der Waals surface area contributed by atoms with E-state index in [1.54, 1.807) is 25.3 Å². The van der Waals surface area contributed by atoms with Gasteiger partial charge in [-0.25, -0.2) is 0 Å². The molecule has 0 fully saturated rings. The van der Waals surface area contributed by atoms with E-state index >= 15 is 0 Å². The fourth-order valence-corrected chi connectivity index (χ4v) is 1.03. The minimum atomic E-state index is -0.343. The lowest BCUT2D eigenvalue weighted by molar-refractivity contribution is -0.111. The topological polar surface area (TPSA) is 85.8 Å². The lowest BCUT2D eigenvalue weighted by atomic mass is 10.4. The maximum Gasteiger partial charge on any atom is 0.270 e. The molecule has 2 heterocycles. The number of carbonyl (C=O) groups excluding carboxylic acids is 1. The Morgan fingerprint density at radius 3 is 3.12 bits per heavy atom.